The minimum Gasteiger partial charge on any atom is -0.481 e. The van der Waals surface area contributed by atoms with Gasteiger partial charge in [0.25, 0.3) is 0 Å². The molecule has 0 bridgehead atoms. The van der Waals surface area contributed by atoms with Gasteiger partial charge in [0.15, 0.2) is 0 Å². The molecule has 5 N–H and O–H groups in total. The number of amides is 1. The van der Waals surface area contributed by atoms with Crippen LogP contribution in [0.25, 0.3) is 11.1 Å². The van der Waals surface area contributed by atoms with Crippen LogP contribution in [0.4, 0.5) is 27.5 Å². The van der Waals surface area contributed by atoms with Crippen molar-refractivity contribution >= 4 is 35.3 Å². The average molecular weight is 493 g/mol. The molecule has 10 nitrogen and oxygen atoms in total. The van der Waals surface area contributed by atoms with Crippen LogP contribution in [0.3, 0.4) is 0 Å². The number of ether oxygens (including phenoxy) is 1. The molecule has 36 heavy (non-hydrogen) atoms. The molecule has 0 saturated carbocycles. The Bertz CT molecular complexity index is 1260. The minimum absolute atomic E-state index is 0.0819. The van der Waals surface area contributed by atoms with E-state index in [9.17, 15) is 9.18 Å². The molecule has 0 saturated heterocycles. The molecular weight excluding hydrogens is 463 g/mol. The summed E-state index contributed by atoms with van der Waals surface area (Å²) < 4.78 is 19.9. The molecule has 1 aromatic carbocycles. The van der Waals surface area contributed by atoms with Gasteiger partial charge in [0.1, 0.15) is 11.6 Å². The molecule has 0 fully saturated rings. The lowest BCUT2D eigenvalue weighted by atomic mass is 10.1. The zero-order valence-electron chi connectivity index (χ0n) is 20.5. The Morgan fingerprint density at radius 1 is 1.19 bits per heavy atom. The zero-order valence-corrected chi connectivity index (χ0v) is 20.5. The smallest absolute Gasteiger partial charge is 0.247 e. The van der Waals surface area contributed by atoms with E-state index in [4.69, 9.17) is 10.5 Å². The van der Waals surface area contributed by atoms with Gasteiger partial charge < -0.3 is 26.4 Å². The summed E-state index contributed by atoms with van der Waals surface area (Å²) in [4.78, 5) is 28.5. The van der Waals surface area contributed by atoms with Crippen LogP contribution >= 0.6 is 0 Å². The van der Waals surface area contributed by atoms with Gasteiger partial charge in [-0.05, 0) is 35.9 Å². The molecule has 188 valence electrons. The number of rotatable bonds is 9. The molecule has 3 aromatic rings. The third kappa shape index (κ3) is 7.35. The number of nitrogens with zero attached hydrogens (tertiary/aromatic N) is 4. The predicted molar refractivity (Wildman–Crippen MR) is 142 cm³/mol. The Labute approximate surface area is 209 Å². The van der Waals surface area contributed by atoms with Crippen molar-refractivity contribution in [2.45, 2.75) is 13.8 Å². The lowest BCUT2D eigenvalue weighted by Crippen LogP contribution is -2.10. The predicted octanol–water partition coefficient (Wildman–Crippen LogP) is 4.49. The third-order valence-corrected chi connectivity index (χ3v) is 4.42. The summed E-state index contributed by atoms with van der Waals surface area (Å²) in [7, 11) is 3.10. The molecule has 11 heteroatoms. The maximum atomic E-state index is 14.7. The lowest BCUT2D eigenvalue weighted by Gasteiger charge is -2.15. The van der Waals surface area contributed by atoms with E-state index in [1.54, 1.807) is 31.6 Å². The number of benzene rings is 1. The summed E-state index contributed by atoms with van der Waals surface area (Å²) in [6.07, 6.45) is 7.07. The quantitative estimate of drug-likeness (QED) is 0.253. The van der Waals surface area contributed by atoms with Crippen molar-refractivity contribution in [3.05, 3.63) is 73.1 Å². The van der Waals surface area contributed by atoms with Crippen LogP contribution in [0, 0.1) is 5.82 Å². The molecule has 0 aliphatic carbocycles. The molecule has 2 heterocycles. The number of nitrogens with one attached hydrogen (secondary N) is 3. The summed E-state index contributed by atoms with van der Waals surface area (Å²) in [5.74, 6) is -0.112. The van der Waals surface area contributed by atoms with Gasteiger partial charge >= 0.3 is 0 Å². The largest absolute Gasteiger partial charge is 0.481 e. The van der Waals surface area contributed by atoms with E-state index in [0.29, 0.717) is 28.4 Å². The van der Waals surface area contributed by atoms with Gasteiger partial charge in [-0.1, -0.05) is 20.4 Å². The summed E-state index contributed by atoms with van der Waals surface area (Å²) >= 11 is 0. The Morgan fingerprint density at radius 2 is 1.97 bits per heavy atom. The fourth-order valence-electron chi connectivity index (χ4n) is 2.84. The number of allylic oxidation sites excluding steroid dienone is 1. The highest BCUT2D eigenvalue weighted by Crippen LogP contribution is 2.32. The highest BCUT2D eigenvalue weighted by atomic mass is 19.1. The van der Waals surface area contributed by atoms with Crippen LogP contribution in [0.1, 0.15) is 13.8 Å². The summed E-state index contributed by atoms with van der Waals surface area (Å²) in [6, 6.07) is 7.54. The summed E-state index contributed by atoms with van der Waals surface area (Å²) in [6.45, 7) is 7.41. The Balaban J connectivity index is 0.00000222. The van der Waals surface area contributed by atoms with E-state index in [1.165, 1.54) is 37.7 Å². The first-order chi connectivity index (χ1) is 17.5. The van der Waals surface area contributed by atoms with Gasteiger partial charge in [0.2, 0.25) is 17.7 Å². The number of hydrogen-bond donors (Lipinski definition) is 4. The molecular formula is C25H29FN8O2. The highest BCUT2D eigenvalue weighted by Gasteiger charge is 2.14. The van der Waals surface area contributed by atoms with E-state index >= 15 is 0 Å². The van der Waals surface area contributed by atoms with Gasteiger partial charge in [-0.25, -0.2) is 14.4 Å². The third-order valence-electron chi connectivity index (χ3n) is 4.42. The van der Waals surface area contributed by atoms with E-state index in [1.807, 2.05) is 13.8 Å². The fourth-order valence-corrected chi connectivity index (χ4v) is 2.84. The number of carbonyl (C=O) groups is 1. The van der Waals surface area contributed by atoms with Gasteiger partial charge in [-0.3, -0.25) is 9.79 Å². The van der Waals surface area contributed by atoms with E-state index in [2.05, 4.69) is 42.5 Å². The molecule has 0 unspecified atom stereocenters. The topological polar surface area (TPSA) is 139 Å². The number of pyridine rings is 1. The standard InChI is InChI=1S/C23H23FN8O2.C2H6/c1-4-20(33)29-15-5-6-18(24)19(10-15)31-22-17(14-7-8-27-21(9-14)34-3)13-28-23(32-22)30-16(11-25)12-26-2;1-2/h4-13H,1,25H2,2-3H3,(H,29,33)(H2,28,30,31,32);1-2H3/b16-11+,26-12?;. The van der Waals surface area contributed by atoms with Crippen molar-refractivity contribution in [1.82, 2.24) is 15.0 Å². The first-order valence-electron chi connectivity index (χ1n) is 11.0. The number of aliphatic imine (C=N–C) groups is 1. The second-order valence-electron chi connectivity index (χ2n) is 6.69. The van der Waals surface area contributed by atoms with Crippen molar-refractivity contribution in [1.29, 1.82) is 0 Å². The van der Waals surface area contributed by atoms with E-state index in [-0.39, 0.29) is 17.5 Å². The van der Waals surface area contributed by atoms with E-state index < -0.39 is 11.7 Å². The van der Waals surface area contributed by atoms with Gasteiger partial charge in [-0.15, -0.1) is 0 Å². The van der Waals surface area contributed by atoms with Crippen LogP contribution in [0.15, 0.2) is 72.3 Å². The van der Waals surface area contributed by atoms with Crippen LogP contribution in [-0.4, -0.2) is 41.2 Å². The first-order valence-corrected chi connectivity index (χ1v) is 11.0. The van der Waals surface area contributed by atoms with Crippen molar-refractivity contribution < 1.29 is 13.9 Å². The maximum Gasteiger partial charge on any atom is 0.247 e. The number of halogens is 1. The molecule has 0 aliphatic heterocycles. The molecule has 1 amide bonds. The molecule has 0 radical (unpaired) electrons. The van der Waals surface area contributed by atoms with Gasteiger partial charge in [0.05, 0.1) is 18.5 Å². The van der Waals surface area contributed by atoms with Gasteiger partial charge in [-0.2, -0.15) is 4.98 Å². The SMILES string of the molecule is C=CC(=O)Nc1ccc(F)c(Nc2nc(N/C(C=NC)=C/N)ncc2-c2ccnc(OC)c2)c1.CC. The average Bonchev–Trinajstić information content (AvgIpc) is 2.91. The molecule has 0 spiro atoms. The Morgan fingerprint density at radius 3 is 2.64 bits per heavy atom. The number of nitrogens with two attached hydrogens (primary N) is 1. The lowest BCUT2D eigenvalue weighted by molar-refractivity contribution is -0.111. The van der Waals surface area contributed by atoms with Crippen LogP contribution in [0.2, 0.25) is 0 Å². The first kappa shape index (κ1) is 27.4. The molecule has 2 aromatic heterocycles. The number of aromatic nitrogens is 3. The normalized spacial score (nSPS) is 10.8. The van der Waals surface area contributed by atoms with Crippen molar-refractivity contribution in [2.75, 3.05) is 30.1 Å². The number of methoxy groups -OCH3 is 1. The van der Waals surface area contributed by atoms with Crippen molar-refractivity contribution in [3.8, 4) is 17.0 Å². The highest BCUT2D eigenvalue weighted by molar-refractivity contribution is 5.99. The second kappa shape index (κ2) is 13.8. The Hall–Kier alpha value is -4.80. The van der Waals surface area contributed by atoms with Gasteiger partial charge in [0, 0.05) is 49.2 Å². The monoisotopic (exact) mass is 492 g/mol. The minimum atomic E-state index is -0.552. The van der Waals surface area contributed by atoms with Crippen molar-refractivity contribution in [2.24, 2.45) is 10.7 Å². The second-order valence-corrected chi connectivity index (χ2v) is 6.69. The number of hydrogen-bond acceptors (Lipinski definition) is 9. The molecule has 0 aliphatic rings. The zero-order chi connectivity index (χ0) is 26.5. The molecule has 0 atom stereocenters. The van der Waals surface area contributed by atoms with Crippen LogP contribution in [0.5, 0.6) is 5.88 Å². The summed E-state index contributed by atoms with van der Waals surface area (Å²) in [5.41, 5.74) is 7.76. The Kier molecular flexibility index (Phi) is 10.5. The van der Waals surface area contributed by atoms with Crippen molar-refractivity contribution in [3.63, 3.8) is 0 Å². The summed E-state index contributed by atoms with van der Waals surface area (Å²) in [5, 5.41) is 8.52. The number of anilines is 4. The van der Waals surface area contributed by atoms with Crippen LogP contribution in [-0.2, 0) is 4.79 Å². The number of carbonyl (C=O) groups excluding carboxylic acids is 1. The van der Waals surface area contributed by atoms with Crippen LogP contribution < -0.4 is 26.4 Å². The maximum absolute atomic E-state index is 14.7. The van der Waals surface area contributed by atoms with E-state index in [0.717, 1.165) is 6.08 Å². The fraction of sp³-hybridized carbons (Fsp3) is 0.160. The molecule has 3 rings (SSSR count).